The Labute approximate surface area is 93.6 Å². The minimum Gasteiger partial charge on any atom is -0.499 e. The maximum absolute atomic E-state index is 5.27. The van der Waals surface area contributed by atoms with Crippen molar-refractivity contribution in [1.29, 1.82) is 0 Å². The zero-order valence-electron chi connectivity index (χ0n) is 10.1. The van der Waals surface area contributed by atoms with Crippen molar-refractivity contribution in [3.63, 3.8) is 0 Å². The standard InChI is InChI=1S/C12H25NO2/c1-3-5-12(2)6-4-8-14-10-11-15-9-7-13/h4,8,12H,3,5-7,9-11,13H2,1-2H3/b8-4+. The molecule has 0 aliphatic rings. The van der Waals surface area contributed by atoms with Gasteiger partial charge >= 0.3 is 0 Å². The van der Waals surface area contributed by atoms with Gasteiger partial charge in [-0.05, 0) is 18.4 Å². The number of allylic oxidation sites excluding steroid dienone is 1. The molecule has 15 heavy (non-hydrogen) atoms. The highest BCUT2D eigenvalue weighted by atomic mass is 16.5. The molecule has 0 bridgehead atoms. The van der Waals surface area contributed by atoms with Crippen LogP contribution in [-0.2, 0) is 9.47 Å². The molecule has 90 valence electrons. The molecule has 0 fully saturated rings. The first-order valence-electron chi connectivity index (χ1n) is 5.85. The van der Waals surface area contributed by atoms with E-state index in [1.54, 1.807) is 6.26 Å². The van der Waals surface area contributed by atoms with E-state index < -0.39 is 0 Å². The van der Waals surface area contributed by atoms with E-state index in [0.717, 1.165) is 12.3 Å². The number of hydrogen-bond acceptors (Lipinski definition) is 3. The second-order valence-corrected chi connectivity index (χ2v) is 3.77. The Morgan fingerprint density at radius 2 is 2.07 bits per heavy atom. The molecule has 0 saturated heterocycles. The monoisotopic (exact) mass is 215 g/mol. The Kier molecular flexibility index (Phi) is 11.1. The van der Waals surface area contributed by atoms with E-state index in [1.807, 2.05) is 0 Å². The van der Waals surface area contributed by atoms with Gasteiger partial charge in [-0.3, -0.25) is 0 Å². The molecule has 1 atom stereocenters. The van der Waals surface area contributed by atoms with Gasteiger partial charge in [0, 0.05) is 6.54 Å². The first-order valence-corrected chi connectivity index (χ1v) is 5.85. The van der Waals surface area contributed by atoms with Crippen molar-refractivity contribution in [2.45, 2.75) is 33.1 Å². The molecular weight excluding hydrogens is 190 g/mol. The molecule has 0 aliphatic carbocycles. The van der Waals surface area contributed by atoms with Crippen molar-refractivity contribution < 1.29 is 9.47 Å². The largest absolute Gasteiger partial charge is 0.499 e. The van der Waals surface area contributed by atoms with Crippen LogP contribution >= 0.6 is 0 Å². The van der Waals surface area contributed by atoms with Gasteiger partial charge in [-0.1, -0.05) is 26.7 Å². The fraction of sp³-hybridized carbons (Fsp3) is 0.833. The summed E-state index contributed by atoms with van der Waals surface area (Å²) in [6.07, 6.45) is 7.49. The van der Waals surface area contributed by atoms with Crippen molar-refractivity contribution in [3.05, 3.63) is 12.3 Å². The lowest BCUT2D eigenvalue weighted by atomic mass is 10.0. The molecule has 0 radical (unpaired) electrons. The van der Waals surface area contributed by atoms with Gasteiger partial charge in [0.2, 0.25) is 0 Å². The van der Waals surface area contributed by atoms with Crippen LogP contribution in [0, 0.1) is 5.92 Å². The molecule has 2 N–H and O–H groups in total. The molecule has 3 heteroatoms. The molecule has 0 aromatic rings. The molecule has 0 spiro atoms. The summed E-state index contributed by atoms with van der Waals surface area (Å²) in [4.78, 5) is 0. The molecule has 0 saturated carbocycles. The maximum atomic E-state index is 5.27. The smallest absolute Gasteiger partial charge is 0.111 e. The summed E-state index contributed by atoms with van der Waals surface area (Å²) in [6, 6.07) is 0. The van der Waals surface area contributed by atoms with Gasteiger partial charge in [0.25, 0.3) is 0 Å². The van der Waals surface area contributed by atoms with E-state index in [0.29, 0.717) is 26.4 Å². The van der Waals surface area contributed by atoms with Gasteiger partial charge in [0.15, 0.2) is 0 Å². The molecule has 0 aromatic heterocycles. The van der Waals surface area contributed by atoms with E-state index in [1.165, 1.54) is 12.8 Å². The van der Waals surface area contributed by atoms with Crippen molar-refractivity contribution in [2.75, 3.05) is 26.4 Å². The van der Waals surface area contributed by atoms with Gasteiger partial charge in [-0.15, -0.1) is 0 Å². The zero-order chi connectivity index (χ0) is 11.4. The van der Waals surface area contributed by atoms with Gasteiger partial charge in [0.05, 0.1) is 19.5 Å². The van der Waals surface area contributed by atoms with Crippen LogP contribution in [0.2, 0.25) is 0 Å². The van der Waals surface area contributed by atoms with Gasteiger partial charge < -0.3 is 15.2 Å². The van der Waals surface area contributed by atoms with Crippen molar-refractivity contribution in [3.8, 4) is 0 Å². The fourth-order valence-electron chi connectivity index (χ4n) is 1.33. The molecule has 0 amide bonds. The van der Waals surface area contributed by atoms with Crippen LogP contribution in [0.4, 0.5) is 0 Å². The van der Waals surface area contributed by atoms with Crippen LogP contribution in [-0.4, -0.2) is 26.4 Å². The Balaban J connectivity index is 3.16. The highest BCUT2D eigenvalue weighted by Gasteiger charge is 1.96. The normalized spacial score (nSPS) is 13.3. The highest BCUT2D eigenvalue weighted by molar-refractivity contribution is 4.76. The van der Waals surface area contributed by atoms with Crippen LogP contribution < -0.4 is 5.73 Å². The maximum Gasteiger partial charge on any atom is 0.111 e. The van der Waals surface area contributed by atoms with Gasteiger partial charge in [-0.25, -0.2) is 0 Å². The fourth-order valence-corrected chi connectivity index (χ4v) is 1.33. The van der Waals surface area contributed by atoms with E-state index >= 15 is 0 Å². The second kappa shape index (κ2) is 11.5. The molecule has 0 aliphatic heterocycles. The highest BCUT2D eigenvalue weighted by Crippen LogP contribution is 2.09. The van der Waals surface area contributed by atoms with Crippen LogP contribution in [0.15, 0.2) is 12.3 Å². The number of nitrogens with two attached hydrogens (primary N) is 1. The van der Waals surface area contributed by atoms with Crippen LogP contribution in [0.1, 0.15) is 33.1 Å². The zero-order valence-corrected chi connectivity index (χ0v) is 10.1. The van der Waals surface area contributed by atoms with Crippen molar-refractivity contribution in [1.82, 2.24) is 0 Å². The van der Waals surface area contributed by atoms with E-state index in [2.05, 4.69) is 19.9 Å². The average Bonchev–Trinajstić information content (AvgIpc) is 2.22. The number of rotatable bonds is 10. The molecule has 1 unspecified atom stereocenters. The number of ether oxygens (including phenoxy) is 2. The Morgan fingerprint density at radius 3 is 2.73 bits per heavy atom. The van der Waals surface area contributed by atoms with Crippen molar-refractivity contribution in [2.24, 2.45) is 11.7 Å². The van der Waals surface area contributed by atoms with E-state index in [9.17, 15) is 0 Å². The van der Waals surface area contributed by atoms with Crippen LogP contribution in [0.25, 0.3) is 0 Å². The molecule has 3 nitrogen and oxygen atoms in total. The van der Waals surface area contributed by atoms with Crippen LogP contribution in [0.5, 0.6) is 0 Å². The SMILES string of the molecule is CCCC(C)C/C=C/OCCOCCN. The first kappa shape index (κ1) is 14.5. The second-order valence-electron chi connectivity index (χ2n) is 3.77. The summed E-state index contributed by atoms with van der Waals surface area (Å²) in [5.41, 5.74) is 5.27. The van der Waals surface area contributed by atoms with E-state index in [-0.39, 0.29) is 0 Å². The minimum atomic E-state index is 0.574. The predicted octanol–water partition coefficient (Wildman–Crippen LogP) is 2.32. The van der Waals surface area contributed by atoms with Gasteiger partial charge in [0.1, 0.15) is 6.61 Å². The third-order valence-electron chi connectivity index (χ3n) is 2.12. The van der Waals surface area contributed by atoms with Crippen molar-refractivity contribution >= 4 is 0 Å². The predicted molar refractivity (Wildman–Crippen MR) is 63.7 cm³/mol. The van der Waals surface area contributed by atoms with Gasteiger partial charge in [-0.2, -0.15) is 0 Å². The summed E-state index contributed by atoms with van der Waals surface area (Å²) < 4.78 is 10.4. The Bertz CT molecular complexity index is 149. The lowest BCUT2D eigenvalue weighted by Gasteiger charge is -2.05. The summed E-state index contributed by atoms with van der Waals surface area (Å²) in [6.45, 7) is 6.89. The lowest BCUT2D eigenvalue weighted by molar-refractivity contribution is 0.0894. The van der Waals surface area contributed by atoms with Crippen LogP contribution in [0.3, 0.4) is 0 Å². The Hall–Kier alpha value is -0.540. The molecular formula is C12H25NO2. The summed E-state index contributed by atoms with van der Waals surface area (Å²) in [5.74, 6) is 0.753. The average molecular weight is 215 g/mol. The molecule has 0 aromatic carbocycles. The molecule has 0 heterocycles. The summed E-state index contributed by atoms with van der Waals surface area (Å²) in [7, 11) is 0. The molecule has 0 rings (SSSR count). The third kappa shape index (κ3) is 11.4. The Morgan fingerprint density at radius 1 is 1.27 bits per heavy atom. The quantitative estimate of drug-likeness (QED) is 0.449. The minimum absolute atomic E-state index is 0.574. The van der Waals surface area contributed by atoms with E-state index in [4.69, 9.17) is 15.2 Å². The lowest BCUT2D eigenvalue weighted by Crippen LogP contribution is -2.11. The third-order valence-corrected chi connectivity index (χ3v) is 2.12. The first-order chi connectivity index (χ1) is 7.31. The number of hydrogen-bond donors (Lipinski definition) is 1. The topological polar surface area (TPSA) is 44.5 Å². The summed E-state index contributed by atoms with van der Waals surface area (Å²) in [5, 5.41) is 0. The summed E-state index contributed by atoms with van der Waals surface area (Å²) >= 11 is 0.